The molecule has 0 bridgehead atoms. The van der Waals surface area contributed by atoms with Crippen LogP contribution in [0.25, 0.3) is 11.0 Å². The highest BCUT2D eigenvalue weighted by atomic mass is 16.3. The fourth-order valence-electron chi connectivity index (χ4n) is 3.08. The number of hydrogen-bond donors (Lipinski definition) is 2. The first kappa shape index (κ1) is 19.5. The number of rotatable bonds is 5. The SMILES string of the molecule is CC(C)c1ccc(N=c2oc3cc(O)ccc3cc2C(=O)NCc2ccco2)cc1. The Morgan fingerprint density at radius 2 is 1.90 bits per heavy atom. The molecule has 0 aliphatic heterocycles. The number of aromatic hydroxyl groups is 1. The zero-order valence-electron chi connectivity index (χ0n) is 16.8. The van der Waals surface area contributed by atoms with E-state index in [0.717, 1.165) is 0 Å². The van der Waals surface area contributed by atoms with Crippen LogP contribution in [-0.4, -0.2) is 11.0 Å². The second-order valence-corrected chi connectivity index (χ2v) is 7.31. The van der Waals surface area contributed by atoms with Crippen LogP contribution in [0.4, 0.5) is 5.69 Å². The number of benzene rings is 2. The Labute approximate surface area is 173 Å². The normalized spacial score (nSPS) is 11.9. The molecule has 0 unspecified atom stereocenters. The quantitative estimate of drug-likeness (QED) is 0.491. The van der Waals surface area contributed by atoms with Crippen molar-refractivity contribution < 1.29 is 18.7 Å². The van der Waals surface area contributed by atoms with E-state index in [4.69, 9.17) is 8.83 Å². The van der Waals surface area contributed by atoms with E-state index in [-0.39, 0.29) is 23.8 Å². The van der Waals surface area contributed by atoms with Crippen molar-refractivity contribution in [3.05, 3.63) is 89.4 Å². The molecule has 2 heterocycles. The Hall–Kier alpha value is -3.80. The first-order valence-corrected chi connectivity index (χ1v) is 9.72. The molecule has 0 saturated heterocycles. The van der Waals surface area contributed by atoms with Gasteiger partial charge in [-0.1, -0.05) is 26.0 Å². The van der Waals surface area contributed by atoms with E-state index in [1.807, 2.05) is 24.3 Å². The van der Waals surface area contributed by atoms with Crippen molar-refractivity contribution >= 4 is 22.6 Å². The van der Waals surface area contributed by atoms with Gasteiger partial charge in [-0.05, 0) is 53.9 Å². The molecular weight excluding hydrogens is 380 g/mol. The summed E-state index contributed by atoms with van der Waals surface area (Å²) in [6.45, 7) is 4.50. The summed E-state index contributed by atoms with van der Waals surface area (Å²) in [7, 11) is 0. The third kappa shape index (κ3) is 4.27. The van der Waals surface area contributed by atoms with Gasteiger partial charge in [-0.2, -0.15) is 0 Å². The van der Waals surface area contributed by atoms with E-state index in [1.54, 1.807) is 36.6 Å². The molecule has 2 aromatic heterocycles. The molecule has 0 fully saturated rings. The van der Waals surface area contributed by atoms with Crippen molar-refractivity contribution in [1.82, 2.24) is 5.32 Å². The number of nitrogens with zero attached hydrogens (tertiary/aromatic N) is 1. The number of carbonyl (C=O) groups is 1. The molecule has 2 aromatic carbocycles. The van der Waals surface area contributed by atoms with Crippen LogP contribution in [0.1, 0.15) is 41.4 Å². The van der Waals surface area contributed by atoms with Gasteiger partial charge in [0.05, 0.1) is 18.5 Å². The van der Waals surface area contributed by atoms with Gasteiger partial charge in [-0.15, -0.1) is 0 Å². The molecule has 1 amide bonds. The van der Waals surface area contributed by atoms with Crippen LogP contribution in [0.3, 0.4) is 0 Å². The van der Waals surface area contributed by atoms with Gasteiger partial charge in [0.2, 0.25) is 5.55 Å². The molecule has 152 valence electrons. The second kappa shape index (κ2) is 8.29. The van der Waals surface area contributed by atoms with Crippen LogP contribution in [0.5, 0.6) is 5.75 Å². The minimum atomic E-state index is -0.331. The molecule has 4 rings (SSSR count). The number of nitrogens with one attached hydrogen (secondary N) is 1. The van der Waals surface area contributed by atoms with Crippen molar-refractivity contribution in [2.45, 2.75) is 26.3 Å². The molecule has 0 saturated carbocycles. The van der Waals surface area contributed by atoms with Gasteiger partial charge in [0, 0.05) is 11.5 Å². The molecule has 0 aliphatic rings. The van der Waals surface area contributed by atoms with E-state index < -0.39 is 0 Å². The van der Waals surface area contributed by atoms with E-state index >= 15 is 0 Å². The Kier molecular flexibility index (Phi) is 5.39. The number of phenols is 1. The number of carbonyl (C=O) groups excluding carboxylic acids is 1. The number of fused-ring (bicyclic) bond motifs is 1. The minimum absolute atomic E-state index is 0.0773. The number of hydrogen-bond acceptors (Lipinski definition) is 5. The summed E-state index contributed by atoms with van der Waals surface area (Å²) in [5.74, 6) is 0.806. The maximum absolute atomic E-state index is 12.9. The Morgan fingerprint density at radius 3 is 2.60 bits per heavy atom. The fourth-order valence-corrected chi connectivity index (χ4v) is 3.08. The zero-order chi connectivity index (χ0) is 21.1. The Balaban J connectivity index is 1.76. The molecule has 0 radical (unpaired) electrons. The highest BCUT2D eigenvalue weighted by Gasteiger charge is 2.14. The van der Waals surface area contributed by atoms with Crippen LogP contribution in [0.15, 0.2) is 80.8 Å². The van der Waals surface area contributed by atoms with Crippen molar-refractivity contribution in [3.8, 4) is 5.75 Å². The summed E-state index contributed by atoms with van der Waals surface area (Å²) in [6, 6.07) is 17.8. The van der Waals surface area contributed by atoms with Crippen LogP contribution in [0.2, 0.25) is 0 Å². The van der Waals surface area contributed by atoms with Gasteiger partial charge in [0.1, 0.15) is 22.7 Å². The Bertz CT molecular complexity index is 1240. The van der Waals surface area contributed by atoms with Crippen molar-refractivity contribution in [2.75, 3.05) is 0 Å². The predicted molar refractivity (Wildman–Crippen MR) is 114 cm³/mol. The molecule has 2 N–H and O–H groups in total. The summed E-state index contributed by atoms with van der Waals surface area (Å²) < 4.78 is 11.2. The molecule has 0 atom stereocenters. The predicted octanol–water partition coefficient (Wildman–Crippen LogP) is 5.02. The lowest BCUT2D eigenvalue weighted by molar-refractivity contribution is 0.0944. The molecule has 6 nitrogen and oxygen atoms in total. The second-order valence-electron chi connectivity index (χ2n) is 7.31. The van der Waals surface area contributed by atoms with E-state index in [0.29, 0.717) is 33.9 Å². The third-order valence-corrected chi connectivity index (χ3v) is 4.77. The van der Waals surface area contributed by atoms with Crippen LogP contribution >= 0.6 is 0 Å². The van der Waals surface area contributed by atoms with Crippen LogP contribution in [0, 0.1) is 0 Å². The van der Waals surface area contributed by atoms with Crippen molar-refractivity contribution in [2.24, 2.45) is 4.99 Å². The summed E-state index contributed by atoms with van der Waals surface area (Å²) in [4.78, 5) is 17.4. The average molecular weight is 402 g/mol. The van der Waals surface area contributed by atoms with E-state index in [1.165, 1.54) is 11.6 Å². The van der Waals surface area contributed by atoms with Gasteiger partial charge in [-0.25, -0.2) is 4.99 Å². The minimum Gasteiger partial charge on any atom is -0.508 e. The summed E-state index contributed by atoms with van der Waals surface area (Å²) in [6.07, 6.45) is 1.56. The van der Waals surface area contributed by atoms with Crippen molar-refractivity contribution in [3.63, 3.8) is 0 Å². The Morgan fingerprint density at radius 1 is 1.10 bits per heavy atom. The molecule has 0 spiro atoms. The summed E-state index contributed by atoms with van der Waals surface area (Å²) in [5, 5.41) is 13.3. The molecular formula is C24H22N2O4. The first-order valence-electron chi connectivity index (χ1n) is 9.72. The molecule has 30 heavy (non-hydrogen) atoms. The number of amides is 1. The zero-order valence-corrected chi connectivity index (χ0v) is 16.8. The van der Waals surface area contributed by atoms with E-state index in [2.05, 4.69) is 24.2 Å². The third-order valence-electron chi connectivity index (χ3n) is 4.77. The van der Waals surface area contributed by atoms with Crippen LogP contribution < -0.4 is 10.9 Å². The smallest absolute Gasteiger partial charge is 0.257 e. The summed E-state index contributed by atoms with van der Waals surface area (Å²) in [5.41, 5.74) is 2.78. The lowest BCUT2D eigenvalue weighted by Gasteiger charge is -2.07. The van der Waals surface area contributed by atoms with E-state index in [9.17, 15) is 9.90 Å². The maximum atomic E-state index is 12.9. The lowest BCUT2D eigenvalue weighted by atomic mass is 10.0. The summed E-state index contributed by atoms with van der Waals surface area (Å²) >= 11 is 0. The molecule has 0 aliphatic carbocycles. The maximum Gasteiger partial charge on any atom is 0.257 e. The lowest BCUT2D eigenvalue weighted by Crippen LogP contribution is -2.28. The topological polar surface area (TPSA) is 88.0 Å². The number of furan rings is 1. The standard InChI is InChI=1S/C24H22N2O4/c1-15(2)16-5-8-18(9-6-16)26-24-21(23(28)25-14-20-4-3-11-29-20)12-17-7-10-19(27)13-22(17)30-24/h3-13,15,27H,14H2,1-2H3,(H,25,28). The highest BCUT2D eigenvalue weighted by Crippen LogP contribution is 2.21. The van der Waals surface area contributed by atoms with Gasteiger partial charge < -0.3 is 19.3 Å². The number of phenolic OH excluding ortho intramolecular Hbond substituents is 1. The largest absolute Gasteiger partial charge is 0.508 e. The first-order chi connectivity index (χ1) is 14.5. The fraction of sp³-hybridized carbons (Fsp3) is 0.167. The highest BCUT2D eigenvalue weighted by molar-refractivity contribution is 5.96. The monoisotopic (exact) mass is 402 g/mol. The van der Waals surface area contributed by atoms with Crippen LogP contribution in [-0.2, 0) is 6.54 Å². The van der Waals surface area contributed by atoms with Gasteiger partial charge in [-0.3, -0.25) is 4.79 Å². The average Bonchev–Trinajstić information content (AvgIpc) is 3.25. The van der Waals surface area contributed by atoms with Gasteiger partial charge in [0.15, 0.2) is 0 Å². The molecule has 6 heteroatoms. The van der Waals surface area contributed by atoms with Gasteiger partial charge in [0.25, 0.3) is 5.91 Å². The van der Waals surface area contributed by atoms with Crippen molar-refractivity contribution in [1.29, 1.82) is 0 Å². The molecule has 4 aromatic rings. The van der Waals surface area contributed by atoms with Gasteiger partial charge >= 0.3 is 0 Å².